The van der Waals surface area contributed by atoms with Crippen molar-refractivity contribution in [3.05, 3.63) is 47.0 Å². The molecule has 0 bridgehead atoms. The van der Waals surface area contributed by atoms with E-state index in [0.717, 1.165) is 5.56 Å². The first-order chi connectivity index (χ1) is 10.4. The van der Waals surface area contributed by atoms with Crippen LogP contribution in [0.25, 0.3) is 0 Å². The first-order valence-electron chi connectivity index (χ1n) is 6.83. The van der Waals surface area contributed by atoms with E-state index in [2.05, 4.69) is 31.1 Å². The van der Waals surface area contributed by atoms with Gasteiger partial charge in [0.1, 0.15) is 0 Å². The molecule has 22 heavy (non-hydrogen) atoms. The first kappa shape index (κ1) is 16.2. The minimum absolute atomic E-state index is 0.0238. The van der Waals surface area contributed by atoms with Gasteiger partial charge in [-0.3, -0.25) is 10.1 Å². The first-order valence-corrected chi connectivity index (χ1v) is 7.71. The Morgan fingerprint density at radius 2 is 1.91 bits per heavy atom. The Morgan fingerprint density at radius 1 is 1.23 bits per heavy atom. The molecule has 0 unspecified atom stereocenters. The Bertz CT molecular complexity index is 643. The molecule has 0 atom stereocenters. The van der Waals surface area contributed by atoms with E-state index in [-0.39, 0.29) is 12.0 Å². The van der Waals surface area contributed by atoms with Crippen LogP contribution in [-0.2, 0) is 14.9 Å². The number of ether oxygens (including phenoxy) is 1. The van der Waals surface area contributed by atoms with Crippen molar-refractivity contribution in [2.24, 2.45) is 0 Å². The molecule has 0 aliphatic carbocycles. The molecule has 5 nitrogen and oxygen atoms in total. The fraction of sp³-hybridized carbons (Fsp3) is 0.312. The highest BCUT2D eigenvalue weighted by molar-refractivity contribution is 7.13. The number of esters is 1. The predicted octanol–water partition coefficient (Wildman–Crippen LogP) is 3.24. The molecule has 0 radical (unpaired) electrons. The second-order valence-corrected chi connectivity index (χ2v) is 6.68. The van der Waals surface area contributed by atoms with E-state index in [1.54, 1.807) is 23.7 Å². The lowest BCUT2D eigenvalue weighted by atomic mass is 9.87. The van der Waals surface area contributed by atoms with Gasteiger partial charge in [-0.1, -0.05) is 32.9 Å². The van der Waals surface area contributed by atoms with Crippen LogP contribution < -0.4 is 5.32 Å². The van der Waals surface area contributed by atoms with E-state index >= 15 is 0 Å². The van der Waals surface area contributed by atoms with Crippen LogP contribution in [0, 0.1) is 0 Å². The molecule has 2 aromatic rings. The number of nitrogens with one attached hydrogen (secondary N) is 1. The number of aromatic nitrogens is 1. The summed E-state index contributed by atoms with van der Waals surface area (Å²) in [5, 5.41) is 4.78. The third kappa shape index (κ3) is 4.39. The maximum atomic E-state index is 11.9. The van der Waals surface area contributed by atoms with Crippen molar-refractivity contribution in [3.8, 4) is 0 Å². The Labute approximate surface area is 133 Å². The standard InChI is InChI=1S/C16H18N2O3S/c1-16(2,3)12-6-4-11(5-7-12)14(20)21-10-13(19)18-15-17-8-9-22-15/h4-9H,10H2,1-3H3,(H,17,18,19). The van der Waals surface area contributed by atoms with Crippen molar-refractivity contribution >= 4 is 28.3 Å². The lowest BCUT2D eigenvalue weighted by Gasteiger charge is -2.18. The van der Waals surface area contributed by atoms with E-state index in [1.807, 2.05) is 12.1 Å². The normalized spacial score (nSPS) is 11.0. The topological polar surface area (TPSA) is 68.3 Å². The number of thiazole rings is 1. The van der Waals surface area contributed by atoms with Gasteiger partial charge in [0.25, 0.3) is 5.91 Å². The Hall–Kier alpha value is -2.21. The maximum Gasteiger partial charge on any atom is 0.338 e. The molecule has 1 aromatic carbocycles. The molecule has 1 amide bonds. The molecular weight excluding hydrogens is 300 g/mol. The summed E-state index contributed by atoms with van der Waals surface area (Å²) < 4.78 is 4.99. The van der Waals surface area contributed by atoms with Crippen molar-refractivity contribution < 1.29 is 14.3 Å². The third-order valence-electron chi connectivity index (χ3n) is 3.00. The van der Waals surface area contributed by atoms with Gasteiger partial charge in [0.2, 0.25) is 0 Å². The van der Waals surface area contributed by atoms with Crippen LogP contribution in [-0.4, -0.2) is 23.5 Å². The molecule has 0 spiro atoms. The lowest BCUT2D eigenvalue weighted by Crippen LogP contribution is -2.21. The molecule has 6 heteroatoms. The Morgan fingerprint density at radius 3 is 2.45 bits per heavy atom. The van der Waals surface area contributed by atoms with Crippen LogP contribution in [0.2, 0.25) is 0 Å². The van der Waals surface area contributed by atoms with Gasteiger partial charge < -0.3 is 4.74 Å². The number of nitrogens with zero attached hydrogens (tertiary/aromatic N) is 1. The fourth-order valence-electron chi connectivity index (χ4n) is 1.76. The van der Waals surface area contributed by atoms with Crippen molar-refractivity contribution in [1.29, 1.82) is 0 Å². The van der Waals surface area contributed by atoms with Crippen molar-refractivity contribution in [2.75, 3.05) is 11.9 Å². The van der Waals surface area contributed by atoms with Crippen molar-refractivity contribution in [3.63, 3.8) is 0 Å². The molecule has 0 aliphatic rings. The van der Waals surface area contributed by atoms with Gasteiger partial charge in [-0.05, 0) is 23.1 Å². The van der Waals surface area contributed by atoms with Gasteiger partial charge in [-0.25, -0.2) is 9.78 Å². The van der Waals surface area contributed by atoms with Gasteiger partial charge in [0.15, 0.2) is 11.7 Å². The summed E-state index contributed by atoms with van der Waals surface area (Å²) in [4.78, 5) is 27.4. The number of amides is 1. The van der Waals surface area contributed by atoms with Crippen LogP contribution in [0.5, 0.6) is 0 Å². The molecule has 2 rings (SSSR count). The molecule has 1 N–H and O–H groups in total. The number of rotatable bonds is 4. The summed E-state index contributed by atoms with van der Waals surface area (Å²) in [6.07, 6.45) is 1.59. The second-order valence-electron chi connectivity index (χ2n) is 5.79. The highest BCUT2D eigenvalue weighted by atomic mass is 32.1. The van der Waals surface area contributed by atoms with Crippen LogP contribution in [0.1, 0.15) is 36.7 Å². The largest absolute Gasteiger partial charge is 0.452 e. The highest BCUT2D eigenvalue weighted by Crippen LogP contribution is 2.22. The molecule has 0 saturated carbocycles. The fourth-order valence-corrected chi connectivity index (χ4v) is 2.31. The number of hydrogen-bond acceptors (Lipinski definition) is 5. The summed E-state index contributed by atoms with van der Waals surface area (Å²) in [6, 6.07) is 7.21. The van der Waals surface area contributed by atoms with Crippen LogP contribution in [0.15, 0.2) is 35.8 Å². The molecule has 1 aromatic heterocycles. The SMILES string of the molecule is CC(C)(C)c1ccc(C(=O)OCC(=O)Nc2nccs2)cc1. The van der Waals surface area contributed by atoms with Gasteiger partial charge in [-0.2, -0.15) is 0 Å². The zero-order valence-electron chi connectivity index (χ0n) is 12.8. The number of benzene rings is 1. The Kier molecular flexibility index (Phi) is 4.92. The number of anilines is 1. The number of hydrogen-bond donors (Lipinski definition) is 1. The predicted molar refractivity (Wildman–Crippen MR) is 86.2 cm³/mol. The van der Waals surface area contributed by atoms with Crippen LogP contribution in [0.3, 0.4) is 0 Å². The smallest absolute Gasteiger partial charge is 0.338 e. The van der Waals surface area contributed by atoms with Gasteiger partial charge >= 0.3 is 5.97 Å². The van der Waals surface area contributed by atoms with E-state index < -0.39 is 11.9 Å². The summed E-state index contributed by atoms with van der Waals surface area (Å²) in [5.41, 5.74) is 1.58. The van der Waals surface area contributed by atoms with E-state index in [0.29, 0.717) is 10.7 Å². The Balaban J connectivity index is 1.88. The lowest BCUT2D eigenvalue weighted by molar-refractivity contribution is -0.119. The summed E-state index contributed by atoms with van der Waals surface area (Å²) in [7, 11) is 0. The van der Waals surface area contributed by atoms with Gasteiger partial charge in [0, 0.05) is 11.6 Å². The summed E-state index contributed by atoms with van der Waals surface area (Å²) >= 11 is 1.30. The molecule has 1 heterocycles. The van der Waals surface area contributed by atoms with Crippen LogP contribution in [0.4, 0.5) is 5.13 Å². The van der Waals surface area contributed by atoms with Crippen LogP contribution >= 0.6 is 11.3 Å². The molecule has 0 aliphatic heterocycles. The number of carbonyl (C=O) groups excluding carboxylic acids is 2. The third-order valence-corrected chi connectivity index (χ3v) is 3.69. The second kappa shape index (κ2) is 6.70. The molecule has 116 valence electrons. The molecule has 0 saturated heterocycles. The minimum Gasteiger partial charge on any atom is -0.452 e. The van der Waals surface area contributed by atoms with Crippen molar-refractivity contribution in [2.45, 2.75) is 26.2 Å². The maximum absolute atomic E-state index is 11.9. The average molecular weight is 318 g/mol. The zero-order chi connectivity index (χ0) is 16.2. The van der Waals surface area contributed by atoms with E-state index in [9.17, 15) is 9.59 Å². The zero-order valence-corrected chi connectivity index (χ0v) is 13.6. The number of carbonyl (C=O) groups is 2. The summed E-state index contributed by atoms with van der Waals surface area (Å²) in [6.45, 7) is 5.97. The average Bonchev–Trinajstić information content (AvgIpc) is 2.97. The minimum atomic E-state index is -0.519. The summed E-state index contributed by atoms with van der Waals surface area (Å²) in [5.74, 6) is -0.927. The molecule has 0 fully saturated rings. The van der Waals surface area contributed by atoms with Crippen molar-refractivity contribution in [1.82, 2.24) is 4.98 Å². The van der Waals surface area contributed by atoms with E-state index in [4.69, 9.17) is 4.74 Å². The quantitative estimate of drug-likeness (QED) is 0.879. The highest BCUT2D eigenvalue weighted by Gasteiger charge is 2.15. The van der Waals surface area contributed by atoms with Gasteiger partial charge in [0.05, 0.1) is 5.56 Å². The van der Waals surface area contributed by atoms with Gasteiger partial charge in [-0.15, -0.1) is 11.3 Å². The van der Waals surface area contributed by atoms with E-state index in [1.165, 1.54) is 11.3 Å². The molecular formula is C16H18N2O3S. The monoisotopic (exact) mass is 318 g/mol.